The molecule has 0 radical (unpaired) electrons. The van der Waals surface area contributed by atoms with Crippen LogP contribution < -0.4 is 15.4 Å². The quantitative estimate of drug-likeness (QED) is 0.251. The van der Waals surface area contributed by atoms with Gasteiger partial charge in [0.15, 0.2) is 5.11 Å². The van der Waals surface area contributed by atoms with Gasteiger partial charge in [0.1, 0.15) is 5.02 Å². The Kier molecular flexibility index (Phi) is 7.39. The maximum atomic E-state index is 12.6. The highest BCUT2D eigenvalue weighted by molar-refractivity contribution is 7.92. The van der Waals surface area contributed by atoms with Gasteiger partial charge in [-0.15, -0.1) is 0 Å². The van der Waals surface area contributed by atoms with Gasteiger partial charge >= 0.3 is 0 Å². The minimum atomic E-state index is -3.93. The number of carbonyl (C=O) groups is 1. The van der Waals surface area contributed by atoms with Crippen LogP contribution in [0.2, 0.25) is 5.02 Å². The fraction of sp³-hybridized carbons (Fsp3) is 0.100. The number of anilines is 2. The number of halogens is 1. The molecule has 14 heteroatoms. The number of thiocarbonyl (C=S) groups is 1. The number of nitrogens with one attached hydrogen (secondary N) is 3. The number of rotatable bonds is 6. The fourth-order valence-corrected chi connectivity index (χ4v) is 4.14. The maximum absolute atomic E-state index is 12.6. The summed E-state index contributed by atoms with van der Waals surface area (Å²) in [6.07, 6.45) is 0. The van der Waals surface area contributed by atoms with Crippen molar-refractivity contribution in [3.8, 4) is 0 Å². The van der Waals surface area contributed by atoms with Gasteiger partial charge in [-0.3, -0.25) is 20.2 Å². The molecule has 1 amide bonds. The van der Waals surface area contributed by atoms with Crippen molar-refractivity contribution in [2.24, 2.45) is 0 Å². The van der Waals surface area contributed by atoms with Crippen LogP contribution in [-0.2, 0) is 10.0 Å². The lowest BCUT2D eigenvalue weighted by Gasteiger charge is -2.11. The molecule has 176 valence electrons. The van der Waals surface area contributed by atoms with E-state index in [1.165, 1.54) is 36.4 Å². The summed E-state index contributed by atoms with van der Waals surface area (Å²) in [6.45, 7) is 3.45. The molecular formula is C20H17ClN6O5S2. The second-order valence-corrected chi connectivity index (χ2v) is 9.43. The summed E-state index contributed by atoms with van der Waals surface area (Å²) in [4.78, 5) is 30.7. The Morgan fingerprint density at radius 3 is 2.26 bits per heavy atom. The number of aryl methyl sites for hydroxylation is 2. The van der Waals surface area contributed by atoms with Crippen molar-refractivity contribution in [1.29, 1.82) is 0 Å². The van der Waals surface area contributed by atoms with E-state index in [9.17, 15) is 23.3 Å². The van der Waals surface area contributed by atoms with Gasteiger partial charge in [-0.1, -0.05) is 11.6 Å². The average Bonchev–Trinajstić information content (AvgIpc) is 2.73. The van der Waals surface area contributed by atoms with Gasteiger partial charge in [0.05, 0.1) is 9.82 Å². The lowest BCUT2D eigenvalue weighted by molar-refractivity contribution is -0.384. The zero-order chi connectivity index (χ0) is 25.0. The topological polar surface area (TPSA) is 156 Å². The lowest BCUT2D eigenvalue weighted by Crippen LogP contribution is -2.34. The smallest absolute Gasteiger partial charge is 0.288 e. The Morgan fingerprint density at radius 2 is 1.68 bits per heavy atom. The summed E-state index contributed by atoms with van der Waals surface area (Å²) in [5.41, 5.74) is 1.21. The number of nitro benzene ring substituents is 1. The first kappa shape index (κ1) is 25.0. The standard InChI is InChI=1S/C20H17ClN6O5S2/c1-11-9-12(2)23-19(22-11)26-34(31,32)15-6-4-14(5-7-15)24-20(33)25-18(28)13-3-8-16(21)17(10-13)27(29)30/h3-10H,1-2H3,(H,22,23,26)(H2,24,25,28,33). The fourth-order valence-electron chi connectivity index (χ4n) is 2.80. The number of sulfonamides is 1. The number of amides is 1. The van der Waals surface area contributed by atoms with Gasteiger partial charge in [0.2, 0.25) is 5.95 Å². The number of nitro groups is 1. The van der Waals surface area contributed by atoms with Crippen molar-refractivity contribution in [2.75, 3.05) is 10.0 Å². The van der Waals surface area contributed by atoms with Crippen molar-refractivity contribution < 1.29 is 18.1 Å². The van der Waals surface area contributed by atoms with Crippen LogP contribution >= 0.6 is 23.8 Å². The van der Waals surface area contributed by atoms with E-state index < -0.39 is 26.5 Å². The predicted octanol–water partition coefficient (Wildman–Crippen LogP) is 3.58. The van der Waals surface area contributed by atoms with Crippen molar-refractivity contribution in [3.63, 3.8) is 0 Å². The Balaban J connectivity index is 1.66. The average molecular weight is 521 g/mol. The van der Waals surface area contributed by atoms with E-state index in [1.54, 1.807) is 19.9 Å². The molecule has 34 heavy (non-hydrogen) atoms. The number of hydrogen-bond donors (Lipinski definition) is 3. The molecule has 3 rings (SSSR count). The molecule has 0 aliphatic heterocycles. The Morgan fingerprint density at radius 1 is 1.06 bits per heavy atom. The molecule has 1 aromatic heterocycles. The Bertz CT molecular complexity index is 1380. The maximum Gasteiger partial charge on any atom is 0.288 e. The molecule has 0 saturated carbocycles. The van der Waals surface area contributed by atoms with Gasteiger partial charge in [-0.05, 0) is 68.5 Å². The molecule has 0 atom stereocenters. The number of benzene rings is 2. The van der Waals surface area contributed by atoms with E-state index in [4.69, 9.17) is 23.8 Å². The first-order valence-electron chi connectivity index (χ1n) is 9.46. The monoisotopic (exact) mass is 520 g/mol. The van der Waals surface area contributed by atoms with Crippen LogP contribution in [0.25, 0.3) is 0 Å². The van der Waals surface area contributed by atoms with Gasteiger partial charge in [-0.2, -0.15) is 0 Å². The minimum Gasteiger partial charge on any atom is -0.332 e. The molecule has 2 aromatic carbocycles. The Hall–Kier alpha value is -3.68. The van der Waals surface area contributed by atoms with Gasteiger partial charge < -0.3 is 5.32 Å². The summed E-state index contributed by atoms with van der Waals surface area (Å²) in [7, 11) is -3.93. The van der Waals surface area contributed by atoms with E-state index in [2.05, 4.69) is 25.3 Å². The van der Waals surface area contributed by atoms with Crippen LogP contribution in [0.3, 0.4) is 0 Å². The summed E-state index contributed by atoms with van der Waals surface area (Å²) in [5.74, 6) is -0.722. The van der Waals surface area contributed by atoms with E-state index >= 15 is 0 Å². The molecule has 11 nitrogen and oxygen atoms in total. The molecule has 3 aromatic rings. The van der Waals surface area contributed by atoms with E-state index in [0.717, 1.165) is 6.07 Å². The molecule has 0 bridgehead atoms. The van der Waals surface area contributed by atoms with Gasteiger partial charge in [0, 0.05) is 28.7 Å². The molecule has 0 saturated heterocycles. The zero-order valence-corrected chi connectivity index (χ0v) is 20.1. The molecule has 1 heterocycles. The van der Waals surface area contributed by atoms with Crippen LogP contribution in [0.15, 0.2) is 53.4 Å². The van der Waals surface area contributed by atoms with E-state index in [1.807, 2.05) is 0 Å². The third kappa shape index (κ3) is 6.21. The highest BCUT2D eigenvalue weighted by Gasteiger charge is 2.18. The molecule has 3 N–H and O–H groups in total. The van der Waals surface area contributed by atoms with Crippen LogP contribution in [0.4, 0.5) is 17.3 Å². The summed E-state index contributed by atoms with van der Waals surface area (Å²) < 4.78 is 27.5. The zero-order valence-electron chi connectivity index (χ0n) is 17.7. The highest BCUT2D eigenvalue weighted by atomic mass is 35.5. The van der Waals surface area contributed by atoms with Crippen molar-refractivity contribution in [3.05, 3.63) is 80.6 Å². The second kappa shape index (κ2) is 10.1. The first-order valence-corrected chi connectivity index (χ1v) is 11.7. The highest BCUT2D eigenvalue weighted by Crippen LogP contribution is 2.25. The minimum absolute atomic E-state index is 0.0126. The second-order valence-electron chi connectivity index (χ2n) is 6.94. The van der Waals surface area contributed by atoms with Crippen LogP contribution in [0.5, 0.6) is 0 Å². The third-order valence-electron chi connectivity index (χ3n) is 4.26. The van der Waals surface area contributed by atoms with Crippen molar-refractivity contribution >= 4 is 62.2 Å². The van der Waals surface area contributed by atoms with Crippen LogP contribution in [0, 0.1) is 24.0 Å². The van der Waals surface area contributed by atoms with Gasteiger partial charge in [0.25, 0.3) is 21.6 Å². The third-order valence-corrected chi connectivity index (χ3v) is 6.13. The summed E-state index contributed by atoms with van der Waals surface area (Å²) in [5, 5.41) is 15.9. The predicted molar refractivity (Wildman–Crippen MR) is 131 cm³/mol. The molecular weight excluding hydrogens is 504 g/mol. The molecule has 0 unspecified atom stereocenters. The van der Waals surface area contributed by atoms with Crippen LogP contribution in [0.1, 0.15) is 21.7 Å². The Labute approximate surface area is 204 Å². The normalized spacial score (nSPS) is 10.9. The number of aromatic nitrogens is 2. The SMILES string of the molecule is Cc1cc(C)nc(NS(=O)(=O)c2ccc(NC(=S)NC(=O)c3ccc(Cl)c([N+](=O)[O-])c3)cc2)n1. The van der Waals surface area contributed by atoms with Crippen molar-refractivity contribution in [1.82, 2.24) is 15.3 Å². The summed E-state index contributed by atoms with van der Waals surface area (Å²) >= 11 is 10.8. The van der Waals surface area contributed by atoms with Gasteiger partial charge in [-0.25, -0.2) is 23.1 Å². The molecule has 0 spiro atoms. The summed E-state index contributed by atoms with van der Waals surface area (Å²) in [6, 6.07) is 10.9. The van der Waals surface area contributed by atoms with Crippen LogP contribution in [-0.4, -0.2) is 34.3 Å². The first-order chi connectivity index (χ1) is 15.9. The largest absolute Gasteiger partial charge is 0.332 e. The van der Waals surface area contributed by atoms with Crippen molar-refractivity contribution in [2.45, 2.75) is 18.7 Å². The number of carbonyl (C=O) groups excluding carboxylic acids is 1. The van der Waals surface area contributed by atoms with E-state index in [-0.39, 0.29) is 26.5 Å². The number of nitrogens with zero attached hydrogens (tertiary/aromatic N) is 3. The molecule has 0 aliphatic carbocycles. The molecule has 0 fully saturated rings. The number of hydrogen-bond acceptors (Lipinski definition) is 8. The molecule has 0 aliphatic rings. The lowest BCUT2D eigenvalue weighted by atomic mass is 10.2. The van der Waals surface area contributed by atoms with E-state index in [0.29, 0.717) is 17.1 Å².